The molecule has 2 aliphatic rings. The molecule has 0 radical (unpaired) electrons. The smallest absolute Gasteiger partial charge is 0.0755 e. The Kier molecular flexibility index (Phi) is 1.69. The van der Waals surface area contributed by atoms with Gasteiger partial charge in [0.05, 0.1) is 11.7 Å². The van der Waals surface area contributed by atoms with Crippen molar-refractivity contribution in [2.24, 2.45) is 0 Å². The van der Waals surface area contributed by atoms with Gasteiger partial charge in [-0.2, -0.15) is 0 Å². The maximum Gasteiger partial charge on any atom is 0.0755 e. The molecule has 1 N–H and O–H groups in total. The Labute approximate surface area is 68.3 Å². The van der Waals surface area contributed by atoms with Gasteiger partial charge in [-0.25, -0.2) is 0 Å². The lowest BCUT2D eigenvalue weighted by Gasteiger charge is -2.39. The average molecular weight is 155 g/mol. The van der Waals surface area contributed by atoms with E-state index in [1.807, 2.05) is 0 Å². The summed E-state index contributed by atoms with van der Waals surface area (Å²) in [7, 11) is 0. The summed E-state index contributed by atoms with van der Waals surface area (Å²) in [4.78, 5) is 0. The van der Waals surface area contributed by atoms with E-state index < -0.39 is 0 Å². The van der Waals surface area contributed by atoms with Gasteiger partial charge in [-0.15, -0.1) is 0 Å². The van der Waals surface area contributed by atoms with Crippen molar-refractivity contribution in [3.05, 3.63) is 0 Å². The summed E-state index contributed by atoms with van der Waals surface area (Å²) in [6.07, 6.45) is 4.39. The Morgan fingerprint density at radius 3 is 3.00 bits per heavy atom. The van der Waals surface area contributed by atoms with Gasteiger partial charge in [0.2, 0.25) is 0 Å². The van der Waals surface area contributed by atoms with Gasteiger partial charge in [-0.05, 0) is 33.1 Å². The molecule has 0 aromatic rings. The van der Waals surface area contributed by atoms with Crippen LogP contribution in [-0.4, -0.2) is 24.3 Å². The molecule has 11 heavy (non-hydrogen) atoms. The number of hydrogen-bond donors (Lipinski definition) is 1. The molecule has 1 saturated carbocycles. The largest absolute Gasteiger partial charge is 0.369 e. The highest BCUT2D eigenvalue weighted by Crippen LogP contribution is 2.29. The van der Waals surface area contributed by atoms with Crippen molar-refractivity contribution < 1.29 is 4.74 Å². The lowest BCUT2D eigenvalue weighted by atomic mass is 10.0. The predicted octanol–water partition coefficient (Wildman–Crippen LogP) is 1.31. The second-order valence-corrected chi connectivity index (χ2v) is 4.33. The Balaban J connectivity index is 2.02. The number of nitrogens with one attached hydrogen (secondary N) is 1. The van der Waals surface area contributed by atoms with Crippen LogP contribution in [0.25, 0.3) is 0 Å². The summed E-state index contributed by atoms with van der Waals surface area (Å²) in [6.45, 7) is 5.33. The van der Waals surface area contributed by atoms with Gasteiger partial charge >= 0.3 is 0 Å². The van der Waals surface area contributed by atoms with Crippen LogP contribution in [0.15, 0.2) is 0 Å². The van der Waals surface area contributed by atoms with Crippen LogP contribution >= 0.6 is 0 Å². The maximum atomic E-state index is 5.94. The minimum Gasteiger partial charge on any atom is -0.369 e. The topological polar surface area (TPSA) is 21.3 Å². The van der Waals surface area contributed by atoms with Crippen molar-refractivity contribution in [1.29, 1.82) is 0 Å². The fourth-order valence-corrected chi connectivity index (χ4v) is 2.13. The standard InChI is InChI=1S/C9H17NO/c1-9(2)6-10-7-4-3-5-8(7)11-9/h7-8,10H,3-6H2,1-2H3/t7-,8-/m0/s1. The molecular formula is C9H17NO. The van der Waals surface area contributed by atoms with E-state index in [4.69, 9.17) is 4.74 Å². The summed E-state index contributed by atoms with van der Waals surface area (Å²) in [5, 5.41) is 3.55. The summed E-state index contributed by atoms with van der Waals surface area (Å²) in [5.41, 5.74) is 0.0610. The first kappa shape index (κ1) is 7.56. The highest BCUT2D eigenvalue weighted by molar-refractivity contribution is 4.92. The predicted molar refractivity (Wildman–Crippen MR) is 44.6 cm³/mol. The van der Waals surface area contributed by atoms with Crippen LogP contribution < -0.4 is 5.32 Å². The summed E-state index contributed by atoms with van der Waals surface area (Å²) >= 11 is 0. The minimum atomic E-state index is 0.0610. The van der Waals surface area contributed by atoms with E-state index in [2.05, 4.69) is 19.2 Å². The van der Waals surface area contributed by atoms with Crippen molar-refractivity contribution in [3.8, 4) is 0 Å². The molecule has 1 heterocycles. The molecule has 2 heteroatoms. The van der Waals surface area contributed by atoms with E-state index in [1.54, 1.807) is 0 Å². The quantitative estimate of drug-likeness (QED) is 0.569. The van der Waals surface area contributed by atoms with E-state index in [0.717, 1.165) is 6.54 Å². The highest BCUT2D eigenvalue weighted by Gasteiger charge is 2.37. The molecule has 2 nitrogen and oxygen atoms in total. The van der Waals surface area contributed by atoms with Gasteiger partial charge in [0.1, 0.15) is 0 Å². The molecule has 0 spiro atoms. The van der Waals surface area contributed by atoms with Gasteiger partial charge in [-0.1, -0.05) is 0 Å². The minimum absolute atomic E-state index is 0.0610. The Bertz CT molecular complexity index is 156. The lowest BCUT2D eigenvalue weighted by Crippen LogP contribution is -2.54. The van der Waals surface area contributed by atoms with Crippen LogP contribution in [0.2, 0.25) is 0 Å². The SMILES string of the molecule is CC1(C)CN[C@H]2CCC[C@@H]2O1. The second kappa shape index (κ2) is 2.46. The summed E-state index contributed by atoms with van der Waals surface area (Å²) < 4.78 is 5.94. The third kappa shape index (κ3) is 1.42. The van der Waals surface area contributed by atoms with Gasteiger partial charge in [0.25, 0.3) is 0 Å². The number of morpholine rings is 1. The zero-order valence-corrected chi connectivity index (χ0v) is 7.39. The molecule has 2 atom stereocenters. The number of fused-ring (bicyclic) bond motifs is 1. The van der Waals surface area contributed by atoms with E-state index in [0.29, 0.717) is 12.1 Å². The van der Waals surface area contributed by atoms with Crippen LogP contribution in [0.1, 0.15) is 33.1 Å². The van der Waals surface area contributed by atoms with Gasteiger partial charge < -0.3 is 10.1 Å². The van der Waals surface area contributed by atoms with Crippen molar-refractivity contribution >= 4 is 0 Å². The normalized spacial score (nSPS) is 42.0. The molecule has 0 amide bonds. The van der Waals surface area contributed by atoms with Crippen molar-refractivity contribution in [2.75, 3.05) is 6.54 Å². The zero-order valence-electron chi connectivity index (χ0n) is 7.39. The van der Waals surface area contributed by atoms with Crippen molar-refractivity contribution in [1.82, 2.24) is 5.32 Å². The van der Waals surface area contributed by atoms with Crippen LogP contribution in [0.4, 0.5) is 0 Å². The first-order valence-corrected chi connectivity index (χ1v) is 4.59. The number of rotatable bonds is 0. The maximum absolute atomic E-state index is 5.94. The fourth-order valence-electron chi connectivity index (χ4n) is 2.13. The molecule has 0 unspecified atom stereocenters. The molecule has 2 rings (SSSR count). The van der Waals surface area contributed by atoms with Gasteiger partial charge in [0.15, 0.2) is 0 Å². The zero-order chi connectivity index (χ0) is 7.90. The third-order valence-corrected chi connectivity index (χ3v) is 2.71. The van der Waals surface area contributed by atoms with E-state index in [-0.39, 0.29) is 5.60 Å². The Morgan fingerprint density at radius 2 is 2.18 bits per heavy atom. The first-order chi connectivity index (χ1) is 5.17. The number of ether oxygens (including phenoxy) is 1. The monoisotopic (exact) mass is 155 g/mol. The van der Waals surface area contributed by atoms with Crippen LogP contribution in [-0.2, 0) is 4.74 Å². The van der Waals surface area contributed by atoms with Gasteiger partial charge in [-0.3, -0.25) is 0 Å². The fraction of sp³-hybridized carbons (Fsp3) is 1.00. The first-order valence-electron chi connectivity index (χ1n) is 4.59. The average Bonchev–Trinajstić information content (AvgIpc) is 2.31. The third-order valence-electron chi connectivity index (χ3n) is 2.71. The van der Waals surface area contributed by atoms with Crippen molar-refractivity contribution in [2.45, 2.75) is 50.9 Å². The molecule has 64 valence electrons. The molecule has 0 bridgehead atoms. The van der Waals surface area contributed by atoms with Gasteiger partial charge in [0, 0.05) is 12.6 Å². The second-order valence-electron chi connectivity index (χ2n) is 4.33. The molecule has 1 saturated heterocycles. The molecule has 1 aliphatic heterocycles. The number of hydrogen-bond acceptors (Lipinski definition) is 2. The molecule has 0 aromatic carbocycles. The molecular weight excluding hydrogens is 138 g/mol. The van der Waals surface area contributed by atoms with Crippen LogP contribution in [0.3, 0.4) is 0 Å². The summed E-state index contributed by atoms with van der Waals surface area (Å²) in [5.74, 6) is 0. The molecule has 1 aliphatic carbocycles. The molecule has 0 aromatic heterocycles. The van der Waals surface area contributed by atoms with E-state index >= 15 is 0 Å². The van der Waals surface area contributed by atoms with Crippen molar-refractivity contribution in [3.63, 3.8) is 0 Å². The van der Waals surface area contributed by atoms with E-state index in [1.165, 1.54) is 19.3 Å². The van der Waals surface area contributed by atoms with Crippen LogP contribution in [0, 0.1) is 0 Å². The van der Waals surface area contributed by atoms with Crippen LogP contribution in [0.5, 0.6) is 0 Å². The Hall–Kier alpha value is -0.0800. The summed E-state index contributed by atoms with van der Waals surface area (Å²) in [6, 6.07) is 0.656. The highest BCUT2D eigenvalue weighted by atomic mass is 16.5. The molecule has 2 fully saturated rings. The van der Waals surface area contributed by atoms with E-state index in [9.17, 15) is 0 Å². The lowest BCUT2D eigenvalue weighted by molar-refractivity contribution is -0.105. The Morgan fingerprint density at radius 1 is 1.36 bits per heavy atom.